The number of hydrogen-bond donors (Lipinski definition) is 1. The molecule has 0 fully saturated rings. The van der Waals surface area contributed by atoms with Crippen molar-refractivity contribution in [2.75, 3.05) is 12.3 Å². The maximum atomic E-state index is 14.0. The van der Waals surface area contributed by atoms with E-state index in [0.717, 1.165) is 0 Å². The fourth-order valence-electron chi connectivity index (χ4n) is 1.69. The first-order chi connectivity index (χ1) is 9.04. The molecule has 0 aliphatic heterocycles. The van der Waals surface area contributed by atoms with Crippen LogP contribution in [0.25, 0.3) is 11.1 Å². The second kappa shape index (κ2) is 5.71. The lowest BCUT2D eigenvalue weighted by Crippen LogP contribution is -2.07. The average molecular weight is 344 g/mol. The molecule has 0 aliphatic carbocycles. The van der Waals surface area contributed by atoms with Gasteiger partial charge in [0.25, 0.3) is 0 Å². The van der Waals surface area contributed by atoms with E-state index < -0.39 is 11.8 Å². The highest BCUT2D eigenvalue weighted by atomic mass is 79.9. The molecular weight excluding hydrogens is 333 g/mol. The highest BCUT2D eigenvalue weighted by molar-refractivity contribution is 9.10. The lowest BCUT2D eigenvalue weighted by molar-refractivity contribution is 0.0529. The van der Waals surface area contributed by atoms with Crippen molar-refractivity contribution in [1.82, 2.24) is 0 Å². The van der Waals surface area contributed by atoms with E-state index in [1.165, 1.54) is 17.4 Å². The molecule has 0 atom stereocenters. The molecule has 1 heterocycles. The van der Waals surface area contributed by atoms with Gasteiger partial charge in [0.05, 0.1) is 6.61 Å². The molecule has 1 aromatic carbocycles. The van der Waals surface area contributed by atoms with Gasteiger partial charge in [0, 0.05) is 21.0 Å². The predicted octanol–water partition coefficient (Wildman–Crippen LogP) is 4.08. The minimum atomic E-state index is -0.529. The minimum absolute atomic E-state index is 0.230. The van der Waals surface area contributed by atoms with Crippen molar-refractivity contribution < 1.29 is 13.9 Å². The van der Waals surface area contributed by atoms with Crippen molar-refractivity contribution in [3.05, 3.63) is 39.4 Å². The molecule has 2 aromatic rings. The second-order valence-corrected chi connectivity index (χ2v) is 5.56. The molecule has 6 heteroatoms. The Hall–Kier alpha value is -1.40. The molecule has 3 nitrogen and oxygen atoms in total. The SMILES string of the molecule is CCOC(=O)c1c(-c2ccc(Br)cc2F)csc1N. The third kappa shape index (κ3) is 2.79. The summed E-state index contributed by atoms with van der Waals surface area (Å²) in [6.45, 7) is 1.96. The summed E-state index contributed by atoms with van der Waals surface area (Å²) in [6, 6.07) is 4.66. The molecule has 2 rings (SSSR count). The van der Waals surface area contributed by atoms with Crippen LogP contribution < -0.4 is 5.73 Å². The zero-order valence-electron chi connectivity index (χ0n) is 10.1. The first-order valence-electron chi connectivity index (χ1n) is 5.54. The van der Waals surface area contributed by atoms with E-state index >= 15 is 0 Å². The first kappa shape index (κ1) is 14.0. The fraction of sp³-hybridized carbons (Fsp3) is 0.154. The van der Waals surface area contributed by atoms with Crippen molar-refractivity contribution in [1.29, 1.82) is 0 Å². The molecule has 0 bridgehead atoms. The van der Waals surface area contributed by atoms with Gasteiger partial charge >= 0.3 is 5.97 Å². The molecule has 0 spiro atoms. The van der Waals surface area contributed by atoms with E-state index in [4.69, 9.17) is 10.5 Å². The summed E-state index contributed by atoms with van der Waals surface area (Å²) in [4.78, 5) is 11.9. The van der Waals surface area contributed by atoms with Crippen LogP contribution in [-0.4, -0.2) is 12.6 Å². The summed E-state index contributed by atoms with van der Waals surface area (Å²) in [6.07, 6.45) is 0. The molecule has 0 saturated heterocycles. The summed E-state index contributed by atoms with van der Waals surface area (Å²) in [5, 5.41) is 1.99. The number of rotatable bonds is 3. The number of halogens is 2. The predicted molar refractivity (Wildman–Crippen MR) is 77.8 cm³/mol. The summed E-state index contributed by atoms with van der Waals surface area (Å²) in [5.74, 6) is -0.948. The van der Waals surface area contributed by atoms with Crippen molar-refractivity contribution in [3.63, 3.8) is 0 Å². The van der Waals surface area contributed by atoms with Gasteiger partial charge in [-0.15, -0.1) is 11.3 Å². The Balaban J connectivity index is 2.54. The number of nitrogens with two attached hydrogens (primary N) is 1. The lowest BCUT2D eigenvalue weighted by atomic mass is 10.0. The molecule has 1 aromatic heterocycles. The standard InChI is InChI=1S/C13H11BrFNO2S/c1-2-18-13(17)11-9(6-19-12(11)16)8-4-3-7(14)5-10(8)15/h3-6H,2,16H2,1H3. The van der Waals surface area contributed by atoms with Crippen LogP contribution in [0.15, 0.2) is 28.1 Å². The van der Waals surface area contributed by atoms with Gasteiger partial charge in [-0.1, -0.05) is 22.0 Å². The largest absolute Gasteiger partial charge is 0.462 e. The van der Waals surface area contributed by atoms with E-state index in [-0.39, 0.29) is 12.2 Å². The summed E-state index contributed by atoms with van der Waals surface area (Å²) in [5.41, 5.74) is 6.80. The first-order valence-corrected chi connectivity index (χ1v) is 7.21. The Bertz CT molecular complexity index is 627. The number of hydrogen-bond acceptors (Lipinski definition) is 4. The smallest absolute Gasteiger partial charge is 0.341 e. The number of ether oxygens (including phenoxy) is 1. The van der Waals surface area contributed by atoms with E-state index in [0.29, 0.717) is 20.6 Å². The van der Waals surface area contributed by atoms with Crippen molar-refractivity contribution in [3.8, 4) is 11.1 Å². The van der Waals surface area contributed by atoms with Crippen molar-refractivity contribution in [2.45, 2.75) is 6.92 Å². The van der Waals surface area contributed by atoms with Crippen LogP contribution in [0.2, 0.25) is 0 Å². The summed E-state index contributed by atoms with van der Waals surface area (Å²) >= 11 is 4.38. The van der Waals surface area contributed by atoms with Crippen LogP contribution in [0.4, 0.5) is 9.39 Å². The average Bonchev–Trinajstić information content (AvgIpc) is 2.71. The maximum absolute atomic E-state index is 14.0. The number of thiophene rings is 1. The number of carbonyl (C=O) groups is 1. The fourth-order valence-corrected chi connectivity index (χ4v) is 2.83. The molecule has 0 radical (unpaired) electrons. The van der Waals surface area contributed by atoms with Gasteiger partial charge in [0.15, 0.2) is 0 Å². The zero-order valence-corrected chi connectivity index (χ0v) is 12.5. The number of nitrogen functional groups attached to an aromatic ring is 1. The number of esters is 1. The quantitative estimate of drug-likeness (QED) is 0.854. The molecule has 0 amide bonds. The van der Waals surface area contributed by atoms with Crippen LogP contribution in [-0.2, 0) is 4.74 Å². The van der Waals surface area contributed by atoms with Gasteiger partial charge < -0.3 is 10.5 Å². The molecule has 100 valence electrons. The van der Waals surface area contributed by atoms with Gasteiger partial charge in [0.1, 0.15) is 16.4 Å². The van der Waals surface area contributed by atoms with Gasteiger partial charge in [-0.05, 0) is 19.1 Å². The molecule has 19 heavy (non-hydrogen) atoms. The van der Waals surface area contributed by atoms with Crippen molar-refractivity contribution >= 4 is 38.2 Å². The normalized spacial score (nSPS) is 10.5. The van der Waals surface area contributed by atoms with Crippen LogP contribution in [0, 0.1) is 5.82 Å². The van der Waals surface area contributed by atoms with Crippen LogP contribution in [0.1, 0.15) is 17.3 Å². The minimum Gasteiger partial charge on any atom is -0.462 e. The summed E-state index contributed by atoms with van der Waals surface area (Å²) < 4.78 is 19.5. The zero-order chi connectivity index (χ0) is 14.0. The van der Waals surface area contributed by atoms with Crippen LogP contribution in [0.5, 0.6) is 0 Å². The molecular formula is C13H11BrFNO2S. The van der Waals surface area contributed by atoms with Gasteiger partial charge in [-0.25, -0.2) is 9.18 Å². The number of carbonyl (C=O) groups excluding carboxylic acids is 1. The summed E-state index contributed by atoms with van der Waals surface area (Å²) in [7, 11) is 0. The monoisotopic (exact) mass is 343 g/mol. The van der Waals surface area contributed by atoms with Gasteiger partial charge in [-0.2, -0.15) is 0 Å². The third-order valence-corrected chi connectivity index (χ3v) is 3.83. The Morgan fingerprint density at radius 2 is 2.21 bits per heavy atom. The number of benzene rings is 1. The van der Waals surface area contributed by atoms with E-state index in [1.807, 2.05) is 0 Å². The highest BCUT2D eigenvalue weighted by Gasteiger charge is 2.21. The van der Waals surface area contributed by atoms with Crippen molar-refractivity contribution in [2.24, 2.45) is 0 Å². The molecule has 0 saturated carbocycles. The Kier molecular flexibility index (Phi) is 4.21. The van der Waals surface area contributed by atoms with E-state index in [9.17, 15) is 9.18 Å². The number of anilines is 1. The van der Waals surface area contributed by atoms with Crippen LogP contribution >= 0.6 is 27.3 Å². The lowest BCUT2D eigenvalue weighted by Gasteiger charge is -2.06. The Morgan fingerprint density at radius 3 is 2.84 bits per heavy atom. The third-order valence-electron chi connectivity index (χ3n) is 2.52. The Morgan fingerprint density at radius 1 is 1.47 bits per heavy atom. The second-order valence-electron chi connectivity index (χ2n) is 3.73. The van der Waals surface area contributed by atoms with Gasteiger partial charge in [-0.3, -0.25) is 0 Å². The van der Waals surface area contributed by atoms with Gasteiger partial charge in [0.2, 0.25) is 0 Å². The van der Waals surface area contributed by atoms with Crippen LogP contribution in [0.3, 0.4) is 0 Å². The molecule has 0 aliphatic rings. The van der Waals surface area contributed by atoms with E-state index in [2.05, 4.69) is 15.9 Å². The molecule has 0 unspecified atom stereocenters. The maximum Gasteiger partial charge on any atom is 0.341 e. The highest BCUT2D eigenvalue weighted by Crippen LogP contribution is 2.36. The molecule has 2 N–H and O–H groups in total. The van der Waals surface area contributed by atoms with E-state index in [1.54, 1.807) is 24.4 Å². The topological polar surface area (TPSA) is 52.3 Å². The Labute approximate surface area is 122 Å².